The number of aryl methyl sites for hydroxylation is 1. The predicted molar refractivity (Wildman–Crippen MR) is 92.4 cm³/mol. The lowest BCUT2D eigenvalue weighted by Crippen LogP contribution is -2.30. The fourth-order valence-corrected chi connectivity index (χ4v) is 2.55. The average molecular weight is 344 g/mol. The summed E-state index contributed by atoms with van der Waals surface area (Å²) in [6.07, 6.45) is 2.91. The molecular weight excluding hydrogens is 324 g/mol. The second kappa shape index (κ2) is 6.98. The third-order valence-corrected chi connectivity index (χ3v) is 3.98. The second-order valence-corrected chi connectivity index (χ2v) is 5.92. The molecule has 3 heterocycles. The molecule has 9 heteroatoms. The van der Waals surface area contributed by atoms with Gasteiger partial charge in [0.05, 0.1) is 10.9 Å². The lowest BCUT2D eigenvalue weighted by molar-refractivity contribution is 0.418. The normalized spacial score (nSPS) is 12.6. The fraction of sp³-hybridized carbons (Fsp3) is 0.438. The molecule has 0 saturated carbocycles. The highest BCUT2D eigenvalue weighted by atomic mass is 16.5. The van der Waals surface area contributed by atoms with Crippen LogP contribution in [0.25, 0.3) is 22.5 Å². The molecule has 0 bridgehead atoms. The highest BCUT2D eigenvalue weighted by Crippen LogP contribution is 2.19. The number of rotatable bonds is 6. The van der Waals surface area contributed by atoms with Crippen molar-refractivity contribution in [2.45, 2.75) is 39.3 Å². The second-order valence-electron chi connectivity index (χ2n) is 5.92. The predicted octanol–water partition coefficient (Wildman–Crippen LogP) is 0.695. The number of nitrogens with one attached hydrogen (secondary N) is 2. The van der Waals surface area contributed by atoms with Gasteiger partial charge >= 0.3 is 5.69 Å². The first kappa shape index (κ1) is 17.0. The van der Waals surface area contributed by atoms with Crippen molar-refractivity contribution in [3.63, 3.8) is 0 Å². The van der Waals surface area contributed by atoms with Gasteiger partial charge in [-0.25, -0.2) is 9.78 Å². The molecule has 3 rings (SSSR count). The quantitative estimate of drug-likeness (QED) is 0.675. The molecule has 9 nitrogen and oxygen atoms in total. The molecule has 0 saturated heterocycles. The van der Waals surface area contributed by atoms with Gasteiger partial charge in [-0.15, -0.1) is 0 Å². The molecule has 1 atom stereocenters. The maximum absolute atomic E-state index is 12.1. The number of fused-ring (bicyclic) bond motifs is 1. The summed E-state index contributed by atoms with van der Waals surface area (Å²) in [5.74, 6) is 0.863. The van der Waals surface area contributed by atoms with Crippen molar-refractivity contribution in [1.29, 1.82) is 0 Å². The molecule has 0 aliphatic heterocycles. The van der Waals surface area contributed by atoms with Gasteiger partial charge in [0, 0.05) is 25.2 Å². The zero-order valence-corrected chi connectivity index (χ0v) is 14.4. The molecule has 0 aliphatic carbocycles. The Kier molecular flexibility index (Phi) is 4.75. The van der Waals surface area contributed by atoms with E-state index in [1.807, 2.05) is 20.9 Å². The molecule has 0 fully saturated rings. The van der Waals surface area contributed by atoms with E-state index in [4.69, 9.17) is 4.52 Å². The number of likely N-dealkylation sites (N-methyl/N-ethyl adjacent to an activating group) is 1. The van der Waals surface area contributed by atoms with Crippen LogP contribution in [0.3, 0.4) is 0 Å². The zero-order chi connectivity index (χ0) is 18.0. The first-order chi connectivity index (χ1) is 12.0. The molecule has 1 unspecified atom stereocenters. The van der Waals surface area contributed by atoms with E-state index < -0.39 is 11.2 Å². The topological polar surface area (TPSA) is 119 Å². The Bertz CT molecular complexity index is 1000. The van der Waals surface area contributed by atoms with E-state index in [1.54, 1.807) is 6.07 Å². The fourth-order valence-electron chi connectivity index (χ4n) is 2.55. The van der Waals surface area contributed by atoms with Gasteiger partial charge in [-0.2, -0.15) is 4.98 Å². The molecule has 3 aromatic heterocycles. The van der Waals surface area contributed by atoms with E-state index in [0.717, 1.165) is 6.42 Å². The highest BCUT2D eigenvalue weighted by Gasteiger charge is 2.15. The number of pyridine rings is 1. The molecule has 2 N–H and O–H groups in total. The Morgan fingerprint density at radius 1 is 1.40 bits per heavy atom. The van der Waals surface area contributed by atoms with E-state index in [-0.39, 0.29) is 6.04 Å². The maximum Gasteiger partial charge on any atom is 0.329 e. The van der Waals surface area contributed by atoms with E-state index in [9.17, 15) is 9.59 Å². The van der Waals surface area contributed by atoms with Crippen LogP contribution in [0.5, 0.6) is 0 Å². The Balaban J connectivity index is 2.05. The lowest BCUT2D eigenvalue weighted by atomic mass is 10.2. The monoisotopic (exact) mass is 344 g/mol. The third-order valence-electron chi connectivity index (χ3n) is 3.98. The number of aromatic nitrogens is 5. The summed E-state index contributed by atoms with van der Waals surface area (Å²) in [6.45, 7) is 4.44. The average Bonchev–Trinajstić information content (AvgIpc) is 3.06. The van der Waals surface area contributed by atoms with Gasteiger partial charge < -0.3 is 9.84 Å². The lowest BCUT2D eigenvalue weighted by Gasteiger charge is -2.07. The summed E-state index contributed by atoms with van der Waals surface area (Å²) in [5.41, 5.74) is -0.0515. The molecule has 3 aromatic rings. The SMILES string of the molecule is CCCn1c(=O)[nH]c(=O)c2cc(-c3nc(CC(C)NC)no3)cnc21. The molecule has 25 heavy (non-hydrogen) atoms. The van der Waals surface area contributed by atoms with Crippen LogP contribution in [0, 0.1) is 0 Å². The minimum atomic E-state index is -0.481. The molecule has 0 aromatic carbocycles. The zero-order valence-electron chi connectivity index (χ0n) is 14.4. The minimum absolute atomic E-state index is 0.214. The van der Waals surface area contributed by atoms with Crippen LogP contribution in [0.15, 0.2) is 26.4 Å². The van der Waals surface area contributed by atoms with Crippen molar-refractivity contribution >= 4 is 11.0 Å². The third kappa shape index (κ3) is 3.36. The van der Waals surface area contributed by atoms with Crippen molar-refractivity contribution in [2.24, 2.45) is 0 Å². The van der Waals surface area contributed by atoms with Crippen LogP contribution < -0.4 is 16.6 Å². The van der Waals surface area contributed by atoms with Gasteiger partial charge in [-0.3, -0.25) is 14.3 Å². The summed E-state index contributed by atoms with van der Waals surface area (Å²) < 4.78 is 6.73. The summed E-state index contributed by atoms with van der Waals surface area (Å²) in [4.78, 5) is 35.1. The van der Waals surface area contributed by atoms with Crippen LogP contribution in [-0.4, -0.2) is 37.8 Å². The van der Waals surface area contributed by atoms with Gasteiger partial charge in [0.25, 0.3) is 11.4 Å². The summed E-state index contributed by atoms with van der Waals surface area (Å²) >= 11 is 0. The van der Waals surface area contributed by atoms with Gasteiger partial charge in [-0.05, 0) is 26.5 Å². The van der Waals surface area contributed by atoms with Crippen molar-refractivity contribution in [2.75, 3.05) is 7.05 Å². The smallest absolute Gasteiger partial charge is 0.329 e. The van der Waals surface area contributed by atoms with E-state index in [1.165, 1.54) is 10.8 Å². The van der Waals surface area contributed by atoms with Gasteiger partial charge in [-0.1, -0.05) is 12.1 Å². The van der Waals surface area contributed by atoms with Crippen LogP contribution in [0.1, 0.15) is 26.1 Å². The van der Waals surface area contributed by atoms with Gasteiger partial charge in [0.2, 0.25) is 0 Å². The van der Waals surface area contributed by atoms with Crippen molar-refractivity contribution in [3.05, 3.63) is 38.9 Å². The van der Waals surface area contributed by atoms with Crippen molar-refractivity contribution in [3.8, 4) is 11.5 Å². The highest BCUT2D eigenvalue weighted by molar-refractivity contribution is 5.78. The number of aromatic amines is 1. The largest absolute Gasteiger partial charge is 0.334 e. The van der Waals surface area contributed by atoms with E-state index in [0.29, 0.717) is 41.3 Å². The minimum Gasteiger partial charge on any atom is -0.334 e. The van der Waals surface area contributed by atoms with Crippen LogP contribution in [-0.2, 0) is 13.0 Å². The molecule has 132 valence electrons. The summed E-state index contributed by atoms with van der Waals surface area (Å²) in [6, 6.07) is 1.83. The first-order valence-corrected chi connectivity index (χ1v) is 8.16. The number of nitrogens with zero attached hydrogens (tertiary/aromatic N) is 4. The number of hydrogen-bond donors (Lipinski definition) is 2. The molecule has 0 amide bonds. The molecule has 0 spiro atoms. The van der Waals surface area contributed by atoms with Gasteiger partial charge in [0.15, 0.2) is 5.82 Å². The van der Waals surface area contributed by atoms with Crippen molar-refractivity contribution < 1.29 is 4.52 Å². The van der Waals surface area contributed by atoms with Crippen LogP contribution in [0.4, 0.5) is 0 Å². The Labute approximate surface area is 143 Å². The molecule has 0 aliphatic rings. The Morgan fingerprint density at radius 3 is 2.92 bits per heavy atom. The van der Waals surface area contributed by atoms with Crippen LogP contribution in [0.2, 0.25) is 0 Å². The Morgan fingerprint density at radius 2 is 2.20 bits per heavy atom. The molecule has 0 radical (unpaired) electrons. The Hall–Kier alpha value is -2.81. The van der Waals surface area contributed by atoms with Crippen molar-refractivity contribution in [1.82, 2.24) is 30.0 Å². The summed E-state index contributed by atoms with van der Waals surface area (Å²) in [5, 5.41) is 7.37. The summed E-state index contributed by atoms with van der Waals surface area (Å²) in [7, 11) is 1.86. The first-order valence-electron chi connectivity index (χ1n) is 8.16. The standard InChI is InChI=1S/C16H20N6O3/c1-4-5-22-13-11(14(23)20-16(22)24)7-10(8-18-13)15-19-12(21-25-15)6-9(2)17-3/h7-9,17H,4-6H2,1-3H3,(H,20,23,24). The van der Waals surface area contributed by atoms with Crippen LogP contribution >= 0.6 is 0 Å². The van der Waals surface area contributed by atoms with E-state index >= 15 is 0 Å². The molecular formula is C16H20N6O3. The number of H-pyrrole nitrogens is 1. The maximum atomic E-state index is 12.1. The van der Waals surface area contributed by atoms with Gasteiger partial charge in [0.1, 0.15) is 5.65 Å². The number of hydrogen-bond acceptors (Lipinski definition) is 7. The van der Waals surface area contributed by atoms with E-state index in [2.05, 4.69) is 25.4 Å².